The molecule has 0 spiro atoms. The fourth-order valence-electron chi connectivity index (χ4n) is 5.11. The van der Waals surface area contributed by atoms with Gasteiger partial charge in [0.2, 0.25) is 11.8 Å². The number of hydrazone groups is 1. The van der Waals surface area contributed by atoms with Crippen molar-refractivity contribution in [3.8, 4) is 11.9 Å². The lowest BCUT2D eigenvalue weighted by Crippen LogP contribution is -2.50. The predicted octanol–water partition coefficient (Wildman–Crippen LogP) is 3.63. The third-order valence-electron chi connectivity index (χ3n) is 6.90. The molecular weight excluding hydrogens is 416 g/mol. The van der Waals surface area contributed by atoms with Crippen molar-refractivity contribution < 1.29 is 18.3 Å². The Bertz CT molecular complexity index is 1090. The number of carbonyl (C=O) groups excluding carboxylic acids is 1. The van der Waals surface area contributed by atoms with Crippen LogP contribution in [0.1, 0.15) is 43.0 Å². The van der Waals surface area contributed by atoms with Crippen molar-refractivity contribution in [2.45, 2.75) is 31.7 Å². The number of benzene rings is 1. The average molecular weight is 437 g/mol. The quantitative estimate of drug-likeness (QED) is 0.712. The van der Waals surface area contributed by atoms with E-state index in [1.807, 2.05) is 6.07 Å². The number of rotatable bonds is 5. The molecule has 3 saturated carbocycles. The number of nitrogens with zero attached hydrogens (tertiary/aromatic N) is 5. The molecule has 0 N–H and O–H groups in total. The van der Waals surface area contributed by atoms with Crippen molar-refractivity contribution in [3.05, 3.63) is 53.5 Å². The van der Waals surface area contributed by atoms with Gasteiger partial charge in [0.25, 0.3) is 0 Å². The van der Waals surface area contributed by atoms with E-state index < -0.39 is 17.7 Å². The van der Waals surface area contributed by atoms with Crippen LogP contribution >= 0.6 is 0 Å². The van der Waals surface area contributed by atoms with E-state index in [0.29, 0.717) is 31.2 Å². The highest BCUT2D eigenvalue weighted by atomic mass is 19.2. The molecule has 9 heteroatoms. The first kappa shape index (κ1) is 20.5. The maximum absolute atomic E-state index is 14.4. The van der Waals surface area contributed by atoms with E-state index in [1.54, 1.807) is 6.21 Å². The molecule has 1 aromatic heterocycles. The van der Waals surface area contributed by atoms with Gasteiger partial charge in [-0.25, -0.2) is 23.8 Å². The van der Waals surface area contributed by atoms with Gasteiger partial charge in [-0.1, -0.05) is 12.1 Å². The molecule has 0 radical (unpaired) electrons. The Kier molecular flexibility index (Phi) is 5.29. The van der Waals surface area contributed by atoms with Gasteiger partial charge in [-0.15, -0.1) is 0 Å². The summed E-state index contributed by atoms with van der Waals surface area (Å²) in [7, 11) is 0. The summed E-state index contributed by atoms with van der Waals surface area (Å²) in [6.45, 7) is 0.410. The lowest BCUT2D eigenvalue weighted by molar-refractivity contribution is -0.148. The molecule has 3 fully saturated rings. The smallest absolute Gasteiger partial charge is 0.246 e. The lowest BCUT2D eigenvalue weighted by atomic mass is 9.55. The zero-order valence-corrected chi connectivity index (χ0v) is 17.2. The first-order valence-corrected chi connectivity index (χ1v) is 10.7. The zero-order valence-electron chi connectivity index (χ0n) is 17.2. The van der Waals surface area contributed by atoms with Crippen LogP contribution in [-0.4, -0.2) is 33.7 Å². The van der Waals surface area contributed by atoms with E-state index in [2.05, 4.69) is 15.1 Å². The second-order valence-corrected chi connectivity index (χ2v) is 8.63. The molecular formula is C23H21F2N5O2. The molecule has 1 amide bonds. The van der Waals surface area contributed by atoms with Gasteiger partial charge in [0.15, 0.2) is 17.3 Å². The molecule has 2 unspecified atom stereocenters. The number of hydrogen-bond donors (Lipinski definition) is 0. The van der Waals surface area contributed by atoms with Crippen LogP contribution in [0.2, 0.25) is 0 Å². The summed E-state index contributed by atoms with van der Waals surface area (Å²) in [6, 6.07) is 5.31. The molecule has 3 atom stereocenters. The summed E-state index contributed by atoms with van der Waals surface area (Å²) in [4.78, 5) is 21.4. The van der Waals surface area contributed by atoms with Crippen molar-refractivity contribution in [2.24, 2.45) is 28.8 Å². The van der Waals surface area contributed by atoms with Crippen LogP contribution in [0.3, 0.4) is 0 Å². The van der Waals surface area contributed by atoms with Gasteiger partial charge in [0.05, 0.1) is 25.0 Å². The van der Waals surface area contributed by atoms with Crippen molar-refractivity contribution >= 4 is 12.1 Å². The number of carbonyl (C=O) groups is 1. The number of nitriles is 1. The SMILES string of the molecule is N#Cc1cnc(OC[C@@H]2CC(C(=O)N3N=CCC3c3cccc(F)c3F)C3CC2C3)cn1. The van der Waals surface area contributed by atoms with Crippen LogP contribution in [0, 0.1) is 46.6 Å². The fraction of sp³-hybridized carbons (Fsp3) is 0.435. The van der Waals surface area contributed by atoms with E-state index in [-0.39, 0.29) is 34.9 Å². The summed E-state index contributed by atoms with van der Waals surface area (Å²) < 4.78 is 33.9. The van der Waals surface area contributed by atoms with E-state index >= 15 is 0 Å². The summed E-state index contributed by atoms with van der Waals surface area (Å²) in [5.41, 5.74) is 0.371. The summed E-state index contributed by atoms with van der Waals surface area (Å²) in [5, 5.41) is 14.4. The van der Waals surface area contributed by atoms with Crippen LogP contribution < -0.4 is 4.74 Å². The van der Waals surface area contributed by atoms with Gasteiger partial charge >= 0.3 is 0 Å². The van der Waals surface area contributed by atoms with E-state index in [1.165, 1.54) is 29.5 Å². The lowest BCUT2D eigenvalue weighted by Gasteiger charge is -2.51. The van der Waals surface area contributed by atoms with Gasteiger partial charge in [-0.05, 0) is 43.1 Å². The molecule has 1 aromatic carbocycles. The van der Waals surface area contributed by atoms with Crippen LogP contribution in [-0.2, 0) is 4.79 Å². The maximum atomic E-state index is 14.4. The largest absolute Gasteiger partial charge is 0.476 e. The van der Waals surface area contributed by atoms with Crippen molar-refractivity contribution in [3.63, 3.8) is 0 Å². The summed E-state index contributed by atoms with van der Waals surface area (Å²) >= 11 is 0. The van der Waals surface area contributed by atoms with Crippen LogP contribution in [0.4, 0.5) is 8.78 Å². The first-order chi connectivity index (χ1) is 15.5. The second-order valence-electron chi connectivity index (χ2n) is 8.63. The predicted molar refractivity (Wildman–Crippen MR) is 109 cm³/mol. The Morgan fingerprint density at radius 2 is 2.03 bits per heavy atom. The van der Waals surface area contributed by atoms with Gasteiger partial charge in [-0.3, -0.25) is 4.79 Å². The monoisotopic (exact) mass is 437 g/mol. The van der Waals surface area contributed by atoms with E-state index in [9.17, 15) is 13.6 Å². The molecule has 32 heavy (non-hydrogen) atoms. The van der Waals surface area contributed by atoms with Crippen LogP contribution in [0.15, 0.2) is 35.7 Å². The average Bonchev–Trinajstić information content (AvgIpc) is 3.28. The molecule has 3 aliphatic carbocycles. The minimum Gasteiger partial charge on any atom is -0.476 e. The maximum Gasteiger partial charge on any atom is 0.246 e. The number of fused-ring (bicyclic) bond motifs is 2. The number of amides is 1. The first-order valence-electron chi connectivity index (χ1n) is 10.7. The van der Waals surface area contributed by atoms with Crippen molar-refractivity contribution in [1.29, 1.82) is 5.26 Å². The summed E-state index contributed by atoms with van der Waals surface area (Å²) in [5.74, 6) is -0.913. The van der Waals surface area contributed by atoms with E-state index in [4.69, 9.17) is 10.00 Å². The molecule has 2 bridgehead atoms. The Balaban J connectivity index is 1.27. The fourth-order valence-corrected chi connectivity index (χ4v) is 5.11. The second kappa shape index (κ2) is 8.26. The minimum absolute atomic E-state index is 0.140. The van der Waals surface area contributed by atoms with Crippen LogP contribution in [0.5, 0.6) is 5.88 Å². The molecule has 164 valence electrons. The Morgan fingerprint density at radius 3 is 2.78 bits per heavy atom. The highest BCUT2D eigenvalue weighted by Crippen LogP contribution is 2.53. The number of aromatic nitrogens is 2. The number of hydrogen-bond acceptors (Lipinski definition) is 6. The topological polar surface area (TPSA) is 91.5 Å². The molecule has 1 aliphatic heterocycles. The molecule has 0 saturated heterocycles. The van der Waals surface area contributed by atoms with Gasteiger partial charge in [-0.2, -0.15) is 10.4 Å². The Morgan fingerprint density at radius 1 is 1.19 bits per heavy atom. The molecule has 2 aromatic rings. The number of halogens is 2. The minimum atomic E-state index is -0.928. The number of ether oxygens (including phenoxy) is 1. The Hall–Kier alpha value is -3.41. The van der Waals surface area contributed by atoms with Crippen molar-refractivity contribution in [2.75, 3.05) is 6.61 Å². The van der Waals surface area contributed by atoms with Gasteiger partial charge in [0, 0.05) is 24.1 Å². The molecule has 6 rings (SSSR count). The molecule has 4 aliphatic rings. The third-order valence-corrected chi connectivity index (χ3v) is 6.90. The third kappa shape index (κ3) is 3.60. The highest BCUT2D eigenvalue weighted by Gasteiger charge is 2.50. The van der Waals surface area contributed by atoms with E-state index in [0.717, 1.165) is 18.9 Å². The molecule has 2 heterocycles. The van der Waals surface area contributed by atoms with Crippen molar-refractivity contribution in [1.82, 2.24) is 15.0 Å². The van der Waals surface area contributed by atoms with Crippen LogP contribution in [0.25, 0.3) is 0 Å². The highest BCUT2D eigenvalue weighted by molar-refractivity contribution is 5.82. The van der Waals surface area contributed by atoms with Gasteiger partial charge in [0.1, 0.15) is 6.07 Å². The normalized spacial score (nSPS) is 28.2. The van der Waals surface area contributed by atoms with Gasteiger partial charge < -0.3 is 4.74 Å². The standard InChI is InChI=1S/C23H21F2N5O2/c24-19-3-1-2-17(22(19)25)20-4-5-29-30(20)23(31)18-8-15(13-6-14(18)7-13)12-32-21-11-27-16(9-26)10-28-21/h1-3,5,10-11,13-15,18,20H,4,6-8,12H2/t13?,14?,15-,18?,20?/m0/s1. The zero-order chi connectivity index (χ0) is 22.2. The summed E-state index contributed by atoms with van der Waals surface area (Å²) in [6.07, 6.45) is 7.27. The molecule has 7 nitrogen and oxygen atoms in total. The Labute approximate surface area is 183 Å².